The molecule has 2 aromatic rings. The van der Waals surface area contributed by atoms with Crippen molar-refractivity contribution in [2.45, 2.75) is 30.6 Å². The van der Waals surface area contributed by atoms with Gasteiger partial charge in [0.2, 0.25) is 10.0 Å². The zero-order valence-electron chi connectivity index (χ0n) is 16.5. The molecule has 0 aromatic heterocycles. The van der Waals surface area contributed by atoms with Gasteiger partial charge in [-0.05, 0) is 81.1 Å². The third-order valence-corrected chi connectivity index (χ3v) is 6.86. The van der Waals surface area contributed by atoms with Crippen molar-refractivity contribution in [2.24, 2.45) is 5.92 Å². The third-order valence-electron chi connectivity index (χ3n) is 5.39. The number of ether oxygens (including phenoxy) is 1. The van der Waals surface area contributed by atoms with Gasteiger partial charge in [-0.3, -0.25) is 0 Å². The van der Waals surface area contributed by atoms with E-state index >= 15 is 0 Å². The fourth-order valence-electron chi connectivity index (χ4n) is 3.71. The molecule has 0 spiro atoms. The maximum absolute atomic E-state index is 12.3. The van der Waals surface area contributed by atoms with Crippen molar-refractivity contribution < 1.29 is 13.2 Å². The third kappa shape index (κ3) is 6.06. The molecule has 1 aliphatic rings. The van der Waals surface area contributed by atoms with Gasteiger partial charge in [0.05, 0.1) is 12.0 Å². The molecule has 1 fully saturated rings. The summed E-state index contributed by atoms with van der Waals surface area (Å²) in [6, 6.07) is 17.2. The monoisotopic (exact) mass is 402 g/mol. The Labute approximate surface area is 168 Å². The van der Waals surface area contributed by atoms with Gasteiger partial charge in [0.15, 0.2) is 0 Å². The number of hydrogen-bond donors (Lipinski definition) is 1. The van der Waals surface area contributed by atoms with E-state index in [1.165, 1.54) is 18.4 Å². The Bertz CT molecular complexity index is 815. The zero-order chi connectivity index (χ0) is 19.8. The number of piperidine rings is 1. The first-order valence-electron chi connectivity index (χ1n) is 9.97. The van der Waals surface area contributed by atoms with Crippen molar-refractivity contribution in [2.75, 3.05) is 33.3 Å². The quantitative estimate of drug-likeness (QED) is 0.654. The fourth-order valence-corrected chi connectivity index (χ4v) is 4.78. The van der Waals surface area contributed by atoms with Crippen molar-refractivity contribution in [1.82, 2.24) is 9.62 Å². The first kappa shape index (κ1) is 20.8. The first-order valence-corrected chi connectivity index (χ1v) is 11.4. The minimum Gasteiger partial charge on any atom is -0.497 e. The number of nitrogens with zero attached hydrogens (tertiary/aromatic N) is 1. The summed E-state index contributed by atoms with van der Waals surface area (Å²) in [6.45, 7) is 3.59. The molecule has 1 heterocycles. The SMILES string of the molecule is COc1ccc(S(=O)(=O)NCCCN2CCC(Cc3ccccc3)CC2)cc1. The molecule has 0 radical (unpaired) electrons. The van der Waals surface area contributed by atoms with E-state index < -0.39 is 10.0 Å². The van der Waals surface area contributed by atoms with Crippen LogP contribution < -0.4 is 9.46 Å². The van der Waals surface area contributed by atoms with Crippen LogP contribution in [-0.4, -0.2) is 46.6 Å². The van der Waals surface area contributed by atoms with Crippen LogP contribution in [0.25, 0.3) is 0 Å². The molecule has 1 aliphatic heterocycles. The van der Waals surface area contributed by atoms with Crippen LogP contribution in [0.4, 0.5) is 0 Å². The van der Waals surface area contributed by atoms with E-state index in [9.17, 15) is 8.42 Å². The summed E-state index contributed by atoms with van der Waals surface area (Å²) in [5, 5.41) is 0. The molecule has 0 atom stereocenters. The average Bonchev–Trinajstić information content (AvgIpc) is 2.73. The Morgan fingerprint density at radius 2 is 1.71 bits per heavy atom. The summed E-state index contributed by atoms with van der Waals surface area (Å²) >= 11 is 0. The highest BCUT2D eigenvalue weighted by molar-refractivity contribution is 7.89. The lowest BCUT2D eigenvalue weighted by molar-refractivity contribution is 0.183. The highest BCUT2D eigenvalue weighted by Gasteiger charge is 2.19. The molecule has 0 unspecified atom stereocenters. The fraction of sp³-hybridized carbons (Fsp3) is 0.455. The topological polar surface area (TPSA) is 58.6 Å². The minimum absolute atomic E-state index is 0.273. The second-order valence-corrected chi connectivity index (χ2v) is 9.17. The standard InChI is InChI=1S/C22H30N2O3S/c1-27-21-8-10-22(11-9-21)28(25,26)23-14-5-15-24-16-12-20(13-17-24)18-19-6-3-2-4-7-19/h2-4,6-11,20,23H,5,12-18H2,1H3. The molecule has 0 saturated carbocycles. The number of rotatable bonds is 9. The molecule has 0 bridgehead atoms. The van der Waals surface area contributed by atoms with Gasteiger partial charge >= 0.3 is 0 Å². The highest BCUT2D eigenvalue weighted by atomic mass is 32.2. The van der Waals surface area contributed by atoms with Crippen LogP contribution in [0.5, 0.6) is 5.75 Å². The Kier molecular flexibility index (Phi) is 7.48. The summed E-state index contributed by atoms with van der Waals surface area (Å²) in [6.07, 6.45) is 4.41. The van der Waals surface area contributed by atoms with Gasteiger partial charge in [-0.2, -0.15) is 0 Å². The largest absolute Gasteiger partial charge is 0.497 e. The molecule has 5 nitrogen and oxygen atoms in total. The molecular weight excluding hydrogens is 372 g/mol. The highest BCUT2D eigenvalue weighted by Crippen LogP contribution is 2.21. The van der Waals surface area contributed by atoms with Crippen LogP contribution >= 0.6 is 0 Å². The Morgan fingerprint density at radius 1 is 1.04 bits per heavy atom. The normalized spacial score (nSPS) is 16.2. The maximum atomic E-state index is 12.3. The van der Waals surface area contributed by atoms with E-state index in [4.69, 9.17) is 4.74 Å². The summed E-state index contributed by atoms with van der Waals surface area (Å²) in [5.41, 5.74) is 1.42. The Balaban J connectivity index is 1.35. The minimum atomic E-state index is -3.46. The van der Waals surface area contributed by atoms with Crippen LogP contribution in [0.15, 0.2) is 59.5 Å². The molecule has 6 heteroatoms. The van der Waals surface area contributed by atoms with Gasteiger partial charge in [0.1, 0.15) is 5.75 Å². The van der Waals surface area contributed by atoms with Gasteiger partial charge in [-0.1, -0.05) is 30.3 Å². The van der Waals surface area contributed by atoms with E-state index in [1.54, 1.807) is 31.4 Å². The van der Waals surface area contributed by atoms with Crippen LogP contribution in [0, 0.1) is 5.92 Å². The molecule has 3 rings (SSSR count). The van der Waals surface area contributed by atoms with Crippen LogP contribution in [0.3, 0.4) is 0 Å². The Hall–Kier alpha value is -1.89. The molecular formula is C22H30N2O3S. The van der Waals surface area contributed by atoms with Crippen molar-refractivity contribution >= 4 is 10.0 Å². The number of likely N-dealkylation sites (tertiary alicyclic amines) is 1. The summed E-state index contributed by atoms with van der Waals surface area (Å²) in [7, 11) is -1.89. The van der Waals surface area contributed by atoms with E-state index in [0.717, 1.165) is 38.4 Å². The summed E-state index contributed by atoms with van der Waals surface area (Å²) in [4.78, 5) is 2.72. The van der Waals surface area contributed by atoms with Crippen LogP contribution in [0.2, 0.25) is 0 Å². The predicted octanol–water partition coefficient (Wildman–Crippen LogP) is 3.32. The molecule has 1 saturated heterocycles. The van der Waals surface area contributed by atoms with Crippen LogP contribution in [0.1, 0.15) is 24.8 Å². The Morgan fingerprint density at radius 3 is 2.36 bits per heavy atom. The molecule has 2 aromatic carbocycles. The van der Waals surface area contributed by atoms with Crippen molar-refractivity contribution in [3.8, 4) is 5.75 Å². The predicted molar refractivity (Wildman–Crippen MR) is 112 cm³/mol. The number of hydrogen-bond acceptors (Lipinski definition) is 4. The molecule has 0 amide bonds. The second kappa shape index (κ2) is 10.0. The summed E-state index contributed by atoms with van der Waals surface area (Å²) in [5.74, 6) is 1.40. The number of benzene rings is 2. The smallest absolute Gasteiger partial charge is 0.240 e. The average molecular weight is 403 g/mol. The lowest BCUT2D eigenvalue weighted by Crippen LogP contribution is -2.36. The van der Waals surface area contributed by atoms with E-state index in [2.05, 4.69) is 40.0 Å². The lowest BCUT2D eigenvalue weighted by Gasteiger charge is -2.32. The summed E-state index contributed by atoms with van der Waals surface area (Å²) < 4.78 is 32.4. The van der Waals surface area contributed by atoms with E-state index in [0.29, 0.717) is 12.3 Å². The number of nitrogens with one attached hydrogen (secondary N) is 1. The molecule has 1 N–H and O–H groups in total. The van der Waals surface area contributed by atoms with Crippen LogP contribution in [-0.2, 0) is 16.4 Å². The van der Waals surface area contributed by atoms with Gasteiger partial charge in [-0.25, -0.2) is 13.1 Å². The number of sulfonamides is 1. The molecule has 0 aliphatic carbocycles. The van der Waals surface area contributed by atoms with E-state index in [1.807, 2.05) is 0 Å². The maximum Gasteiger partial charge on any atom is 0.240 e. The zero-order valence-corrected chi connectivity index (χ0v) is 17.3. The number of methoxy groups -OCH3 is 1. The first-order chi connectivity index (χ1) is 13.6. The van der Waals surface area contributed by atoms with Gasteiger partial charge in [0.25, 0.3) is 0 Å². The van der Waals surface area contributed by atoms with Gasteiger partial charge < -0.3 is 9.64 Å². The van der Waals surface area contributed by atoms with Crippen molar-refractivity contribution in [3.63, 3.8) is 0 Å². The van der Waals surface area contributed by atoms with Crippen molar-refractivity contribution in [1.29, 1.82) is 0 Å². The molecule has 28 heavy (non-hydrogen) atoms. The second-order valence-electron chi connectivity index (χ2n) is 7.40. The molecule has 152 valence electrons. The van der Waals surface area contributed by atoms with E-state index in [-0.39, 0.29) is 4.90 Å². The van der Waals surface area contributed by atoms with Crippen molar-refractivity contribution in [3.05, 3.63) is 60.2 Å². The van der Waals surface area contributed by atoms with Gasteiger partial charge in [-0.15, -0.1) is 0 Å². The van der Waals surface area contributed by atoms with Gasteiger partial charge in [0, 0.05) is 6.54 Å². The lowest BCUT2D eigenvalue weighted by atomic mass is 9.90.